The molecule has 1 N–H and O–H groups in total. The summed E-state index contributed by atoms with van der Waals surface area (Å²) in [5.41, 5.74) is -0.823. The topological polar surface area (TPSA) is 74.2 Å². The van der Waals surface area contributed by atoms with E-state index in [0.29, 0.717) is 6.42 Å². The highest BCUT2D eigenvalue weighted by Gasteiger charge is 2.31. The molecule has 1 aromatic carbocycles. The summed E-state index contributed by atoms with van der Waals surface area (Å²) < 4.78 is 70.6. The molecule has 0 spiro atoms. The smallest absolute Gasteiger partial charge is 0.337 e. The molecule has 1 atom stereocenters. The predicted octanol–water partition coefficient (Wildman–Crippen LogP) is 5.99. The second-order valence-corrected chi connectivity index (χ2v) is 8.32. The molecule has 0 saturated carbocycles. The molecular weight excluding hydrogens is 440 g/mol. The first-order valence-electron chi connectivity index (χ1n) is 8.60. The number of carbonyl (C=O) groups is 1. The van der Waals surface area contributed by atoms with Crippen molar-refractivity contribution in [3.8, 4) is 0 Å². The molecule has 1 unspecified atom stereocenters. The van der Waals surface area contributed by atoms with Crippen LogP contribution in [0.25, 0.3) is 0 Å². The van der Waals surface area contributed by atoms with Gasteiger partial charge in [0.05, 0.1) is 12.0 Å². The molecule has 0 radical (unpaired) electrons. The number of hydrogen-bond acceptors (Lipinski definition) is 8. The molecule has 29 heavy (non-hydrogen) atoms. The van der Waals surface area contributed by atoms with Gasteiger partial charge in [-0.2, -0.15) is 0 Å². The van der Waals surface area contributed by atoms with Crippen LogP contribution in [0, 0.1) is 23.3 Å². The monoisotopic (exact) mass is 462 g/mol. The van der Waals surface area contributed by atoms with E-state index in [0.717, 1.165) is 12.8 Å². The Hall–Kier alpha value is -1.05. The molecule has 0 heterocycles. The van der Waals surface area contributed by atoms with Gasteiger partial charge in [0.25, 0.3) is 0 Å². The average Bonchev–Trinajstić information content (AvgIpc) is 2.63. The Morgan fingerprint density at radius 3 is 1.97 bits per heavy atom. The van der Waals surface area contributed by atoms with Crippen LogP contribution in [-0.4, -0.2) is 22.9 Å². The maximum Gasteiger partial charge on any atom is 0.337 e. The highest BCUT2D eigenvalue weighted by molar-refractivity contribution is 7.95. The van der Waals surface area contributed by atoms with Gasteiger partial charge in [0.1, 0.15) is 15.4 Å². The molecule has 0 saturated heterocycles. The molecular formula is C17H22F4O6S2. The van der Waals surface area contributed by atoms with E-state index in [9.17, 15) is 22.4 Å². The van der Waals surface area contributed by atoms with Gasteiger partial charge in [0, 0.05) is 12.0 Å². The third kappa shape index (κ3) is 7.95. The number of esters is 1. The van der Waals surface area contributed by atoms with Crippen LogP contribution in [0.3, 0.4) is 0 Å². The van der Waals surface area contributed by atoms with Crippen molar-refractivity contribution in [2.45, 2.75) is 74.9 Å². The van der Waals surface area contributed by atoms with Crippen LogP contribution in [-0.2, 0) is 23.1 Å². The van der Waals surface area contributed by atoms with Crippen molar-refractivity contribution in [2.75, 3.05) is 0 Å². The molecule has 0 bridgehead atoms. The summed E-state index contributed by atoms with van der Waals surface area (Å²) in [7, 11) is 0. The standard InChI is InChI=1S/C17H22F4O6S2/c1-5-6-7-8-9(16(22)24-17(2,3)4)25-28-14-10(18)12(20)15(29-27-26-23)13(21)11(14)19/h9,23H,5-8H2,1-4H3. The molecule has 1 aromatic rings. The third-order valence-electron chi connectivity index (χ3n) is 3.32. The quantitative estimate of drug-likeness (QED) is 0.0818. The summed E-state index contributed by atoms with van der Waals surface area (Å²) in [5.74, 6) is -7.83. The Balaban J connectivity index is 3.04. The van der Waals surface area contributed by atoms with E-state index >= 15 is 0 Å². The van der Waals surface area contributed by atoms with Crippen molar-refractivity contribution in [1.29, 1.82) is 0 Å². The van der Waals surface area contributed by atoms with Gasteiger partial charge in [0.2, 0.25) is 0 Å². The fourth-order valence-electron chi connectivity index (χ4n) is 2.05. The number of carbonyl (C=O) groups excluding carboxylic acids is 1. The third-order valence-corrected chi connectivity index (χ3v) is 4.83. The van der Waals surface area contributed by atoms with Crippen molar-refractivity contribution in [2.24, 2.45) is 0 Å². The first-order chi connectivity index (χ1) is 13.5. The van der Waals surface area contributed by atoms with Crippen molar-refractivity contribution in [3.05, 3.63) is 23.3 Å². The van der Waals surface area contributed by atoms with Crippen molar-refractivity contribution in [1.82, 2.24) is 0 Å². The molecule has 0 aromatic heterocycles. The lowest BCUT2D eigenvalue weighted by molar-refractivity contribution is -0.432. The zero-order valence-electron chi connectivity index (χ0n) is 16.2. The zero-order valence-corrected chi connectivity index (χ0v) is 17.9. The van der Waals surface area contributed by atoms with E-state index in [-0.39, 0.29) is 30.5 Å². The Morgan fingerprint density at radius 2 is 1.52 bits per heavy atom. The van der Waals surface area contributed by atoms with E-state index in [2.05, 4.69) is 9.37 Å². The van der Waals surface area contributed by atoms with Crippen LogP contribution >= 0.6 is 24.1 Å². The van der Waals surface area contributed by atoms with Crippen LogP contribution < -0.4 is 0 Å². The molecule has 6 nitrogen and oxygen atoms in total. The van der Waals surface area contributed by atoms with Crippen LogP contribution in [0.4, 0.5) is 17.6 Å². The second kappa shape index (κ2) is 12.0. The number of hydrogen-bond donors (Lipinski definition) is 1. The molecule has 12 heteroatoms. The minimum atomic E-state index is -1.78. The summed E-state index contributed by atoms with van der Waals surface area (Å²) in [6, 6.07) is 0. The average molecular weight is 462 g/mol. The molecule has 166 valence electrons. The SMILES string of the molecule is CCCCCC(OSc1c(F)c(F)c(SOOO)c(F)c1F)C(=O)OC(C)(C)C. The molecule has 1 rings (SSSR count). The van der Waals surface area contributed by atoms with E-state index < -0.39 is 50.7 Å². The van der Waals surface area contributed by atoms with Gasteiger partial charge in [0.15, 0.2) is 29.4 Å². The van der Waals surface area contributed by atoms with Gasteiger partial charge < -0.3 is 4.74 Å². The minimum absolute atomic E-state index is 0.00653. The maximum atomic E-state index is 14.2. The van der Waals surface area contributed by atoms with Gasteiger partial charge in [-0.05, 0) is 27.2 Å². The number of unbranched alkanes of at least 4 members (excludes halogenated alkanes) is 2. The van der Waals surface area contributed by atoms with E-state index in [1.54, 1.807) is 20.8 Å². The number of halogens is 4. The summed E-state index contributed by atoms with van der Waals surface area (Å²) in [6.07, 6.45) is 1.20. The van der Waals surface area contributed by atoms with Crippen LogP contribution in [0.5, 0.6) is 0 Å². The Kier molecular flexibility index (Phi) is 10.7. The van der Waals surface area contributed by atoms with Crippen LogP contribution in [0.2, 0.25) is 0 Å². The fraction of sp³-hybridized carbons (Fsp3) is 0.588. The number of ether oxygens (including phenoxy) is 1. The van der Waals surface area contributed by atoms with Gasteiger partial charge in [-0.1, -0.05) is 31.2 Å². The lowest BCUT2D eigenvalue weighted by Gasteiger charge is -2.23. The zero-order chi connectivity index (χ0) is 22.2. The predicted molar refractivity (Wildman–Crippen MR) is 97.6 cm³/mol. The van der Waals surface area contributed by atoms with Gasteiger partial charge >= 0.3 is 5.97 Å². The Morgan fingerprint density at radius 1 is 1.00 bits per heavy atom. The number of rotatable bonds is 11. The molecule has 0 amide bonds. The largest absolute Gasteiger partial charge is 0.458 e. The lowest BCUT2D eigenvalue weighted by atomic mass is 10.1. The summed E-state index contributed by atoms with van der Waals surface area (Å²) >= 11 is -0.273. The van der Waals surface area contributed by atoms with Crippen molar-refractivity contribution in [3.63, 3.8) is 0 Å². The second-order valence-electron chi connectivity index (χ2n) is 6.84. The van der Waals surface area contributed by atoms with Gasteiger partial charge in [-0.15, -0.1) is 4.33 Å². The lowest BCUT2D eigenvalue weighted by Crippen LogP contribution is -2.32. The normalized spacial score (nSPS) is 12.9. The fourth-order valence-corrected chi connectivity index (χ4v) is 3.18. The van der Waals surface area contributed by atoms with Crippen LogP contribution in [0.15, 0.2) is 9.79 Å². The number of benzene rings is 1. The summed E-state index contributed by atoms with van der Waals surface area (Å²) in [4.78, 5) is 9.98. The highest BCUT2D eigenvalue weighted by Crippen LogP contribution is 2.37. The van der Waals surface area contributed by atoms with Crippen molar-refractivity contribution < 1.29 is 45.9 Å². The summed E-state index contributed by atoms with van der Waals surface area (Å²) in [6.45, 7) is 6.86. The van der Waals surface area contributed by atoms with Crippen LogP contribution in [0.1, 0.15) is 53.4 Å². The van der Waals surface area contributed by atoms with Crippen molar-refractivity contribution >= 4 is 30.1 Å². The highest BCUT2D eigenvalue weighted by atomic mass is 32.2. The molecule has 0 aliphatic rings. The summed E-state index contributed by atoms with van der Waals surface area (Å²) in [5, 5.41) is 11.2. The molecule has 0 aliphatic heterocycles. The Bertz CT molecular complexity index is 670. The maximum absolute atomic E-state index is 14.2. The molecule has 0 fully saturated rings. The Labute approximate surface area is 174 Å². The van der Waals surface area contributed by atoms with Gasteiger partial charge in [-0.3, -0.25) is 4.18 Å². The van der Waals surface area contributed by atoms with E-state index in [1.165, 1.54) is 0 Å². The van der Waals surface area contributed by atoms with E-state index in [4.69, 9.17) is 14.2 Å². The first kappa shape index (κ1) is 26.0. The van der Waals surface area contributed by atoms with E-state index in [1.807, 2.05) is 6.92 Å². The first-order valence-corrected chi connectivity index (χ1v) is 10.1. The molecule has 0 aliphatic carbocycles. The van der Waals surface area contributed by atoms with Gasteiger partial charge in [-0.25, -0.2) is 27.6 Å². The minimum Gasteiger partial charge on any atom is -0.458 e.